The van der Waals surface area contributed by atoms with Gasteiger partial charge in [0.25, 0.3) is 5.91 Å². The molecule has 3 heterocycles. The average Bonchev–Trinajstić information content (AvgIpc) is 2.77. The van der Waals surface area contributed by atoms with Gasteiger partial charge in [0, 0.05) is 25.0 Å². The van der Waals surface area contributed by atoms with Crippen LogP contribution in [0.1, 0.15) is 19.3 Å². The minimum absolute atomic E-state index is 0.0173. The Morgan fingerprint density at radius 2 is 2.03 bits per heavy atom. The molecule has 1 aromatic heterocycles. The molecule has 1 fully saturated rings. The van der Waals surface area contributed by atoms with E-state index in [1.165, 1.54) is 23.5 Å². The highest BCUT2D eigenvalue weighted by Crippen LogP contribution is 2.41. The number of nitrogens with two attached hydrogens (primary N) is 1. The van der Waals surface area contributed by atoms with Gasteiger partial charge in [0.05, 0.1) is 0 Å². The van der Waals surface area contributed by atoms with E-state index in [4.69, 9.17) is 10.8 Å². The predicted molar refractivity (Wildman–Crippen MR) is 120 cm³/mol. The maximum absolute atomic E-state index is 12.7. The molecule has 1 aromatic rings. The number of nitrogens with one attached hydrogen (secondary N) is 2. The molecule has 14 nitrogen and oxygen atoms in total. The number of H-pyrrole nitrogens is 1. The molecule has 0 spiro atoms. The van der Waals surface area contributed by atoms with Gasteiger partial charge in [-0.05, 0) is 18.4 Å². The molecule has 1 saturated heterocycles. The molecular weight excluding hydrogens is 492 g/mol. The standard InChI is InChI=1S/C18H22N6O8S2/c1-23-18(21-12(26)13(27)22-23)34-6-7-5-33-15-10(14(28)24(15)11(7)17(31)32)20-9(25)4-2-3-8(19)16(29)30/h8,10,15H,2-6,19H2,1H3,(H,20,25)(H,22,27)(H,29,30)(H,31,32). The molecule has 6 N–H and O–H groups in total. The zero-order chi connectivity index (χ0) is 25.2. The minimum Gasteiger partial charge on any atom is -0.480 e. The van der Waals surface area contributed by atoms with Gasteiger partial charge in [-0.3, -0.25) is 38.7 Å². The molecule has 2 aliphatic heterocycles. The van der Waals surface area contributed by atoms with E-state index in [1.54, 1.807) is 0 Å². The molecule has 2 amide bonds. The molecular formula is C18H22N6O8S2. The fourth-order valence-electron chi connectivity index (χ4n) is 3.39. The number of amides is 2. The molecule has 34 heavy (non-hydrogen) atoms. The minimum atomic E-state index is -1.30. The van der Waals surface area contributed by atoms with Crippen LogP contribution in [-0.4, -0.2) is 82.6 Å². The van der Waals surface area contributed by atoms with Crippen LogP contribution in [0.5, 0.6) is 0 Å². The van der Waals surface area contributed by atoms with Crippen molar-refractivity contribution in [3.05, 3.63) is 32.0 Å². The van der Waals surface area contributed by atoms with Gasteiger partial charge >= 0.3 is 23.1 Å². The third-order valence-electron chi connectivity index (χ3n) is 5.13. The van der Waals surface area contributed by atoms with Crippen molar-refractivity contribution in [1.29, 1.82) is 0 Å². The highest BCUT2D eigenvalue weighted by Gasteiger charge is 2.54. The van der Waals surface area contributed by atoms with Crippen molar-refractivity contribution in [2.45, 2.75) is 41.9 Å². The SMILES string of the molecule is Cn1[nH]c(=O)c(=O)nc1SCC1=C(C(=O)O)N2C(=O)C(NC(=O)CCCC(N)C(=O)O)C2SC1. The number of aromatic amines is 1. The Balaban J connectivity index is 1.65. The van der Waals surface area contributed by atoms with E-state index in [1.807, 2.05) is 0 Å². The smallest absolute Gasteiger partial charge is 0.352 e. The summed E-state index contributed by atoms with van der Waals surface area (Å²) in [6.07, 6.45) is 0.315. The van der Waals surface area contributed by atoms with Crippen LogP contribution in [0.15, 0.2) is 26.0 Å². The van der Waals surface area contributed by atoms with Crippen LogP contribution in [0.4, 0.5) is 0 Å². The molecule has 0 aliphatic carbocycles. The molecule has 0 saturated carbocycles. The van der Waals surface area contributed by atoms with Crippen LogP contribution in [-0.2, 0) is 26.2 Å². The van der Waals surface area contributed by atoms with Gasteiger partial charge in [0.1, 0.15) is 23.2 Å². The predicted octanol–water partition coefficient (Wildman–Crippen LogP) is -2.12. The normalized spacial score (nSPS) is 20.4. The second-order valence-electron chi connectivity index (χ2n) is 7.54. The maximum Gasteiger partial charge on any atom is 0.352 e. The molecule has 3 unspecified atom stereocenters. The summed E-state index contributed by atoms with van der Waals surface area (Å²) in [4.78, 5) is 75.1. The van der Waals surface area contributed by atoms with Crippen molar-refractivity contribution >= 4 is 47.3 Å². The van der Waals surface area contributed by atoms with Crippen LogP contribution in [0.3, 0.4) is 0 Å². The zero-order valence-electron chi connectivity index (χ0n) is 17.8. The monoisotopic (exact) mass is 514 g/mol. The van der Waals surface area contributed by atoms with E-state index in [9.17, 15) is 33.9 Å². The second kappa shape index (κ2) is 10.4. The quantitative estimate of drug-likeness (QED) is 0.129. The lowest BCUT2D eigenvalue weighted by atomic mass is 10.0. The first-order chi connectivity index (χ1) is 16.0. The van der Waals surface area contributed by atoms with E-state index >= 15 is 0 Å². The molecule has 184 valence electrons. The number of hydrogen-bond acceptors (Lipinski definition) is 10. The molecule has 16 heteroatoms. The first kappa shape index (κ1) is 25.5. The molecule has 3 atom stereocenters. The number of fused-ring (bicyclic) bond motifs is 1. The number of thioether (sulfide) groups is 2. The topological polar surface area (TPSA) is 218 Å². The first-order valence-electron chi connectivity index (χ1n) is 9.99. The highest BCUT2D eigenvalue weighted by atomic mass is 32.2. The average molecular weight is 515 g/mol. The third kappa shape index (κ3) is 5.34. The van der Waals surface area contributed by atoms with E-state index in [0.29, 0.717) is 5.57 Å². The fraction of sp³-hybridized carbons (Fsp3) is 0.500. The lowest BCUT2D eigenvalue weighted by Gasteiger charge is -2.49. The summed E-state index contributed by atoms with van der Waals surface area (Å²) in [6, 6.07) is -1.97. The number of carbonyl (C=O) groups excluding carboxylic acids is 2. The van der Waals surface area contributed by atoms with Crippen molar-refractivity contribution in [1.82, 2.24) is 25.0 Å². The maximum atomic E-state index is 12.7. The summed E-state index contributed by atoms with van der Waals surface area (Å²) in [7, 11) is 1.48. The molecule has 0 radical (unpaired) electrons. The third-order valence-corrected chi connectivity index (χ3v) is 7.58. The number of carbonyl (C=O) groups is 4. The Labute approximate surface area is 199 Å². The Hall–Kier alpha value is -3.11. The molecule has 3 rings (SSSR count). The van der Waals surface area contributed by atoms with Crippen molar-refractivity contribution in [2.75, 3.05) is 11.5 Å². The lowest BCUT2D eigenvalue weighted by molar-refractivity contribution is -0.150. The largest absolute Gasteiger partial charge is 0.480 e. The summed E-state index contributed by atoms with van der Waals surface area (Å²) in [5.74, 6) is -3.11. The number of aromatic nitrogens is 3. The van der Waals surface area contributed by atoms with Crippen LogP contribution in [0.25, 0.3) is 0 Å². The van der Waals surface area contributed by atoms with Crippen LogP contribution in [0.2, 0.25) is 0 Å². The van der Waals surface area contributed by atoms with Crippen LogP contribution < -0.4 is 22.2 Å². The summed E-state index contributed by atoms with van der Waals surface area (Å²) < 4.78 is 1.25. The number of aliphatic carboxylic acids is 2. The van der Waals surface area contributed by atoms with Crippen molar-refractivity contribution in [3.63, 3.8) is 0 Å². The number of aryl methyl sites for hydroxylation is 1. The number of rotatable bonds is 10. The van der Waals surface area contributed by atoms with Gasteiger partial charge in [0.15, 0.2) is 5.16 Å². The van der Waals surface area contributed by atoms with Crippen LogP contribution >= 0.6 is 23.5 Å². The molecule has 0 aromatic carbocycles. The Bertz CT molecular complexity index is 1180. The first-order valence-corrected chi connectivity index (χ1v) is 12.0. The Kier molecular flexibility index (Phi) is 7.83. The number of nitrogens with zero attached hydrogens (tertiary/aromatic N) is 3. The van der Waals surface area contributed by atoms with Gasteiger partial charge in [-0.25, -0.2) is 4.79 Å². The van der Waals surface area contributed by atoms with Gasteiger partial charge in [-0.1, -0.05) is 11.8 Å². The van der Waals surface area contributed by atoms with E-state index < -0.39 is 52.3 Å². The summed E-state index contributed by atoms with van der Waals surface area (Å²) >= 11 is 2.32. The summed E-state index contributed by atoms with van der Waals surface area (Å²) in [6.45, 7) is 0. The lowest BCUT2D eigenvalue weighted by Crippen LogP contribution is -2.70. The number of carboxylic acid groups (broad SMARTS) is 2. The van der Waals surface area contributed by atoms with Crippen molar-refractivity contribution in [2.24, 2.45) is 12.8 Å². The summed E-state index contributed by atoms with van der Waals surface area (Å²) in [5.41, 5.74) is 3.80. The van der Waals surface area contributed by atoms with E-state index in [0.717, 1.165) is 16.7 Å². The van der Waals surface area contributed by atoms with Gasteiger partial charge in [0.2, 0.25) is 5.91 Å². The van der Waals surface area contributed by atoms with E-state index in [-0.39, 0.29) is 41.6 Å². The number of carboxylic acids is 2. The summed E-state index contributed by atoms with van der Waals surface area (Å²) in [5, 5.41) is 23.0. The highest BCUT2D eigenvalue weighted by molar-refractivity contribution is 8.01. The van der Waals surface area contributed by atoms with Gasteiger partial charge in [-0.2, -0.15) is 4.98 Å². The Morgan fingerprint density at radius 3 is 2.68 bits per heavy atom. The van der Waals surface area contributed by atoms with Gasteiger partial charge in [-0.15, -0.1) is 11.8 Å². The van der Waals surface area contributed by atoms with Crippen LogP contribution in [0, 0.1) is 0 Å². The number of hydrogen-bond donors (Lipinski definition) is 5. The zero-order valence-corrected chi connectivity index (χ0v) is 19.5. The molecule has 0 bridgehead atoms. The van der Waals surface area contributed by atoms with Gasteiger partial charge < -0.3 is 21.3 Å². The van der Waals surface area contributed by atoms with Crippen molar-refractivity contribution < 1.29 is 29.4 Å². The molecule has 2 aliphatic rings. The van der Waals surface area contributed by atoms with E-state index in [2.05, 4.69) is 15.4 Å². The van der Waals surface area contributed by atoms with Crippen molar-refractivity contribution in [3.8, 4) is 0 Å². The Morgan fingerprint density at radius 1 is 1.32 bits per heavy atom. The fourth-order valence-corrected chi connectivity index (χ4v) is 5.79. The second-order valence-corrected chi connectivity index (χ2v) is 9.58. The number of β-lactam (4-membered cyclic amide) rings is 1.